The number of hydrogen-bond donors (Lipinski definition) is 1. The molecule has 1 atom stereocenters. The zero-order valence-corrected chi connectivity index (χ0v) is 14.9. The maximum atomic E-state index is 12.3. The van der Waals surface area contributed by atoms with Gasteiger partial charge in [0.2, 0.25) is 5.91 Å². The molecule has 0 saturated heterocycles. The van der Waals surface area contributed by atoms with Crippen molar-refractivity contribution >= 4 is 29.1 Å². The Bertz CT molecular complexity index is 767. The number of thiophene rings is 1. The Morgan fingerprint density at radius 1 is 1.12 bits per heavy atom. The summed E-state index contributed by atoms with van der Waals surface area (Å²) in [5, 5.41) is 4.82. The summed E-state index contributed by atoms with van der Waals surface area (Å²) in [5.41, 5.74) is 0.704. The number of benzene rings is 1. The summed E-state index contributed by atoms with van der Waals surface area (Å²) in [7, 11) is 3.89. The van der Waals surface area contributed by atoms with Crippen molar-refractivity contribution < 1.29 is 14.4 Å². The molecule has 1 aliphatic heterocycles. The number of carbonyl (C=O) groups is 3. The van der Waals surface area contributed by atoms with Crippen LogP contribution in [0, 0.1) is 0 Å². The van der Waals surface area contributed by atoms with E-state index in [-0.39, 0.29) is 18.5 Å². The Morgan fingerprint density at radius 2 is 1.76 bits per heavy atom. The van der Waals surface area contributed by atoms with Crippen molar-refractivity contribution in [1.29, 1.82) is 0 Å². The molecule has 0 bridgehead atoms. The Kier molecular flexibility index (Phi) is 4.96. The molecule has 1 unspecified atom stereocenters. The summed E-state index contributed by atoms with van der Waals surface area (Å²) in [5.74, 6) is -1.19. The van der Waals surface area contributed by atoms with Crippen LogP contribution in [0.3, 0.4) is 0 Å². The third-order valence-electron chi connectivity index (χ3n) is 4.17. The lowest BCUT2D eigenvalue weighted by Crippen LogP contribution is -2.42. The second-order valence-corrected chi connectivity index (χ2v) is 7.02. The van der Waals surface area contributed by atoms with Gasteiger partial charge in [-0.05, 0) is 37.7 Å². The number of amides is 3. The van der Waals surface area contributed by atoms with Crippen molar-refractivity contribution in [2.75, 3.05) is 27.2 Å². The number of nitrogens with one attached hydrogen (secondary N) is 1. The van der Waals surface area contributed by atoms with E-state index in [1.165, 1.54) is 0 Å². The van der Waals surface area contributed by atoms with E-state index in [4.69, 9.17) is 0 Å². The molecule has 0 spiro atoms. The molecule has 0 aliphatic carbocycles. The molecular formula is C18H19N3O3S. The van der Waals surface area contributed by atoms with Crippen molar-refractivity contribution in [2.24, 2.45) is 0 Å². The van der Waals surface area contributed by atoms with Gasteiger partial charge in [0, 0.05) is 11.4 Å². The second-order valence-electron chi connectivity index (χ2n) is 6.04. The standard InChI is InChI=1S/C18H19N3O3S/c1-20(2)14(15-8-5-9-25-15)10-19-16(22)11-21-17(23)12-6-3-4-7-13(12)18(21)24/h3-9,14H,10-11H2,1-2H3,(H,19,22). The van der Waals surface area contributed by atoms with Crippen molar-refractivity contribution in [2.45, 2.75) is 6.04 Å². The van der Waals surface area contributed by atoms with Crippen LogP contribution in [-0.4, -0.2) is 54.7 Å². The number of carbonyl (C=O) groups excluding carboxylic acids is 3. The third-order valence-corrected chi connectivity index (χ3v) is 5.14. The lowest BCUT2D eigenvalue weighted by Gasteiger charge is -2.24. The van der Waals surface area contributed by atoms with Crippen molar-refractivity contribution in [3.8, 4) is 0 Å². The molecule has 1 aromatic heterocycles. The first-order valence-corrected chi connectivity index (χ1v) is 8.78. The van der Waals surface area contributed by atoms with E-state index in [1.54, 1.807) is 35.6 Å². The first-order chi connectivity index (χ1) is 12.0. The van der Waals surface area contributed by atoms with E-state index in [0.717, 1.165) is 9.78 Å². The molecule has 0 saturated carbocycles. The number of hydrogen-bond acceptors (Lipinski definition) is 5. The largest absolute Gasteiger partial charge is 0.353 e. The fourth-order valence-electron chi connectivity index (χ4n) is 2.81. The summed E-state index contributed by atoms with van der Waals surface area (Å²) in [6, 6.07) is 10.7. The SMILES string of the molecule is CN(C)C(CNC(=O)CN1C(=O)c2ccccc2C1=O)c1cccs1. The van der Waals surface area contributed by atoms with Crippen LogP contribution < -0.4 is 5.32 Å². The van der Waals surface area contributed by atoms with Gasteiger partial charge in [0.1, 0.15) is 6.54 Å². The number of fused-ring (bicyclic) bond motifs is 1. The highest BCUT2D eigenvalue weighted by Gasteiger charge is 2.36. The maximum Gasteiger partial charge on any atom is 0.262 e. The van der Waals surface area contributed by atoms with Gasteiger partial charge in [-0.15, -0.1) is 11.3 Å². The Labute approximate surface area is 150 Å². The van der Waals surface area contributed by atoms with E-state index in [2.05, 4.69) is 5.32 Å². The van der Waals surface area contributed by atoms with Gasteiger partial charge in [-0.25, -0.2) is 0 Å². The van der Waals surface area contributed by atoms with E-state index >= 15 is 0 Å². The van der Waals surface area contributed by atoms with Gasteiger partial charge in [0.05, 0.1) is 17.2 Å². The second kappa shape index (κ2) is 7.16. The number of imide groups is 1. The molecular weight excluding hydrogens is 338 g/mol. The molecule has 130 valence electrons. The van der Waals surface area contributed by atoms with Gasteiger partial charge < -0.3 is 10.2 Å². The van der Waals surface area contributed by atoms with Gasteiger partial charge >= 0.3 is 0 Å². The van der Waals surface area contributed by atoms with Crippen molar-refractivity contribution in [1.82, 2.24) is 15.1 Å². The highest BCUT2D eigenvalue weighted by molar-refractivity contribution is 7.10. The molecule has 2 aromatic rings. The summed E-state index contributed by atoms with van der Waals surface area (Å²) in [6.07, 6.45) is 0. The van der Waals surface area contributed by atoms with Gasteiger partial charge in [-0.2, -0.15) is 0 Å². The molecule has 2 heterocycles. The quantitative estimate of drug-likeness (QED) is 0.800. The van der Waals surface area contributed by atoms with Gasteiger partial charge in [-0.3, -0.25) is 19.3 Å². The van der Waals surface area contributed by atoms with E-state index < -0.39 is 11.8 Å². The smallest absolute Gasteiger partial charge is 0.262 e. The van der Waals surface area contributed by atoms with E-state index in [9.17, 15) is 14.4 Å². The highest BCUT2D eigenvalue weighted by atomic mass is 32.1. The first kappa shape index (κ1) is 17.3. The minimum atomic E-state index is -0.418. The molecule has 3 rings (SSSR count). The zero-order valence-electron chi connectivity index (χ0n) is 14.1. The molecule has 3 amide bonds. The summed E-state index contributed by atoms with van der Waals surface area (Å²) in [6.45, 7) is 0.145. The Morgan fingerprint density at radius 3 is 2.28 bits per heavy atom. The number of nitrogens with zero attached hydrogens (tertiary/aromatic N) is 2. The predicted octanol–water partition coefficient (Wildman–Crippen LogP) is 1.76. The minimum absolute atomic E-state index is 0.0473. The average molecular weight is 357 g/mol. The summed E-state index contributed by atoms with van der Waals surface area (Å²) < 4.78 is 0. The van der Waals surface area contributed by atoms with Crippen LogP contribution >= 0.6 is 11.3 Å². The number of likely N-dealkylation sites (N-methyl/N-ethyl adjacent to an activating group) is 1. The van der Waals surface area contributed by atoms with Crippen LogP contribution in [0.15, 0.2) is 41.8 Å². The maximum absolute atomic E-state index is 12.3. The molecule has 0 radical (unpaired) electrons. The molecule has 6 nitrogen and oxygen atoms in total. The fraction of sp³-hybridized carbons (Fsp3) is 0.278. The molecule has 1 aromatic carbocycles. The molecule has 0 fully saturated rings. The van der Waals surface area contributed by atoms with Crippen LogP contribution in [0.25, 0.3) is 0 Å². The highest BCUT2D eigenvalue weighted by Crippen LogP contribution is 2.23. The average Bonchev–Trinajstić information content (AvgIpc) is 3.19. The summed E-state index contributed by atoms with van der Waals surface area (Å²) in [4.78, 5) is 41.0. The van der Waals surface area contributed by atoms with Gasteiger partial charge in [0.15, 0.2) is 0 Å². The monoisotopic (exact) mass is 357 g/mol. The number of rotatable bonds is 6. The topological polar surface area (TPSA) is 69.7 Å². The molecule has 1 N–H and O–H groups in total. The van der Waals surface area contributed by atoms with Crippen molar-refractivity contribution in [3.63, 3.8) is 0 Å². The molecule has 1 aliphatic rings. The Hall–Kier alpha value is -2.51. The van der Waals surface area contributed by atoms with Crippen molar-refractivity contribution in [3.05, 3.63) is 57.8 Å². The van der Waals surface area contributed by atoms with Crippen LogP contribution in [0.5, 0.6) is 0 Å². The third kappa shape index (κ3) is 3.47. The van der Waals surface area contributed by atoms with Gasteiger partial charge in [0.25, 0.3) is 11.8 Å². The van der Waals surface area contributed by atoms with Crippen LogP contribution in [0.2, 0.25) is 0 Å². The first-order valence-electron chi connectivity index (χ1n) is 7.90. The molecule has 25 heavy (non-hydrogen) atoms. The predicted molar refractivity (Wildman–Crippen MR) is 95.6 cm³/mol. The summed E-state index contributed by atoms with van der Waals surface area (Å²) >= 11 is 1.62. The molecule has 7 heteroatoms. The van der Waals surface area contributed by atoms with Gasteiger partial charge in [-0.1, -0.05) is 18.2 Å². The van der Waals surface area contributed by atoms with E-state index in [1.807, 2.05) is 36.5 Å². The lowest BCUT2D eigenvalue weighted by atomic mass is 10.1. The minimum Gasteiger partial charge on any atom is -0.353 e. The normalized spacial score (nSPS) is 14.8. The fourth-order valence-corrected chi connectivity index (χ4v) is 3.73. The van der Waals surface area contributed by atoms with Crippen LogP contribution in [-0.2, 0) is 4.79 Å². The van der Waals surface area contributed by atoms with Crippen LogP contribution in [0.1, 0.15) is 31.6 Å². The zero-order chi connectivity index (χ0) is 18.0. The Balaban J connectivity index is 1.62. The van der Waals surface area contributed by atoms with E-state index in [0.29, 0.717) is 17.7 Å². The lowest BCUT2D eigenvalue weighted by molar-refractivity contribution is -0.121. The van der Waals surface area contributed by atoms with Crippen LogP contribution in [0.4, 0.5) is 0 Å².